The van der Waals surface area contributed by atoms with Crippen LogP contribution in [0.1, 0.15) is 36.3 Å². The van der Waals surface area contributed by atoms with E-state index in [4.69, 9.17) is 19.3 Å². The molecular formula is C26H32N2O7. The van der Waals surface area contributed by atoms with Gasteiger partial charge in [-0.3, -0.25) is 9.59 Å². The molecule has 3 N–H and O–H groups in total. The number of nitrogens with one attached hydrogen (secondary N) is 2. The molecule has 0 unspecified atom stereocenters. The zero-order valence-corrected chi connectivity index (χ0v) is 19.7. The highest BCUT2D eigenvalue weighted by Gasteiger charge is 2.28. The fourth-order valence-electron chi connectivity index (χ4n) is 3.91. The number of alkyl carbamates (subject to hydrolysis) is 1. The Morgan fingerprint density at radius 2 is 1.40 bits per heavy atom. The number of rotatable bonds is 15. The van der Waals surface area contributed by atoms with Crippen molar-refractivity contribution >= 4 is 18.0 Å². The van der Waals surface area contributed by atoms with Gasteiger partial charge in [-0.2, -0.15) is 0 Å². The Bertz CT molecular complexity index is 950. The summed E-state index contributed by atoms with van der Waals surface area (Å²) in [6, 6.07) is 16.4. The van der Waals surface area contributed by atoms with Crippen molar-refractivity contribution in [3.8, 4) is 11.1 Å². The highest BCUT2D eigenvalue weighted by Crippen LogP contribution is 2.44. The van der Waals surface area contributed by atoms with Crippen LogP contribution < -0.4 is 10.6 Å². The molecular weight excluding hydrogens is 452 g/mol. The molecule has 0 heterocycles. The fraction of sp³-hybridized carbons (Fsp3) is 0.423. The van der Waals surface area contributed by atoms with Crippen LogP contribution in [-0.4, -0.2) is 69.2 Å². The molecule has 0 radical (unpaired) electrons. The molecule has 9 heteroatoms. The van der Waals surface area contributed by atoms with E-state index in [1.54, 1.807) is 0 Å². The summed E-state index contributed by atoms with van der Waals surface area (Å²) in [4.78, 5) is 33.9. The van der Waals surface area contributed by atoms with Crippen molar-refractivity contribution in [1.82, 2.24) is 10.6 Å². The van der Waals surface area contributed by atoms with Gasteiger partial charge in [-0.25, -0.2) is 4.79 Å². The Labute approximate surface area is 204 Å². The molecule has 0 aliphatic heterocycles. The number of amides is 2. The molecule has 2 aromatic carbocycles. The lowest BCUT2D eigenvalue weighted by Crippen LogP contribution is -2.29. The van der Waals surface area contributed by atoms with Crippen LogP contribution >= 0.6 is 0 Å². The van der Waals surface area contributed by atoms with Gasteiger partial charge >= 0.3 is 12.1 Å². The summed E-state index contributed by atoms with van der Waals surface area (Å²) in [6.45, 7) is 2.62. The Balaban J connectivity index is 1.20. The molecule has 2 aromatic rings. The summed E-state index contributed by atoms with van der Waals surface area (Å²) in [6.07, 6.45) is -0.0383. The zero-order valence-electron chi connectivity index (χ0n) is 19.7. The molecule has 0 atom stereocenters. The molecule has 35 heavy (non-hydrogen) atoms. The predicted molar refractivity (Wildman–Crippen MR) is 129 cm³/mol. The molecule has 0 saturated heterocycles. The van der Waals surface area contributed by atoms with E-state index in [9.17, 15) is 14.4 Å². The number of hydrogen-bond donors (Lipinski definition) is 3. The van der Waals surface area contributed by atoms with Crippen LogP contribution in [0.15, 0.2) is 48.5 Å². The van der Waals surface area contributed by atoms with Crippen molar-refractivity contribution < 1.29 is 33.7 Å². The Kier molecular flexibility index (Phi) is 10.5. The van der Waals surface area contributed by atoms with Crippen molar-refractivity contribution in [3.05, 3.63) is 59.7 Å². The van der Waals surface area contributed by atoms with Crippen LogP contribution in [0.5, 0.6) is 0 Å². The van der Waals surface area contributed by atoms with Gasteiger partial charge in [0.05, 0.1) is 26.2 Å². The molecule has 188 valence electrons. The quantitative estimate of drug-likeness (QED) is 0.332. The molecule has 0 aromatic heterocycles. The highest BCUT2D eigenvalue weighted by molar-refractivity contribution is 5.80. The van der Waals surface area contributed by atoms with Crippen LogP contribution in [0, 0.1) is 0 Å². The van der Waals surface area contributed by atoms with Crippen LogP contribution in [0.25, 0.3) is 11.1 Å². The molecule has 0 spiro atoms. The Morgan fingerprint density at radius 3 is 2.06 bits per heavy atom. The summed E-state index contributed by atoms with van der Waals surface area (Å²) in [7, 11) is 0. The molecule has 2 amide bonds. The third-order valence-corrected chi connectivity index (χ3v) is 5.58. The maximum Gasteiger partial charge on any atom is 0.407 e. The van der Waals surface area contributed by atoms with Crippen molar-refractivity contribution in [1.29, 1.82) is 0 Å². The number of ether oxygens (including phenoxy) is 3. The monoisotopic (exact) mass is 484 g/mol. The molecule has 0 saturated carbocycles. The van der Waals surface area contributed by atoms with Crippen molar-refractivity contribution in [2.45, 2.75) is 25.2 Å². The minimum absolute atomic E-state index is 0.0197. The topological polar surface area (TPSA) is 123 Å². The minimum atomic E-state index is -0.989. The number of carbonyl (C=O) groups is 3. The average molecular weight is 485 g/mol. The van der Waals surface area contributed by atoms with Gasteiger partial charge in [-0.1, -0.05) is 48.5 Å². The molecule has 3 rings (SSSR count). The summed E-state index contributed by atoms with van der Waals surface area (Å²) in [5, 5.41) is 13.9. The average Bonchev–Trinajstić information content (AvgIpc) is 3.18. The maximum atomic E-state index is 12.1. The summed E-state index contributed by atoms with van der Waals surface area (Å²) in [5.41, 5.74) is 4.72. The first-order valence-electron chi connectivity index (χ1n) is 11.8. The van der Waals surface area contributed by atoms with Crippen LogP contribution in [0.3, 0.4) is 0 Å². The molecule has 0 bridgehead atoms. The second-order valence-electron chi connectivity index (χ2n) is 8.07. The number of fused-ring (bicyclic) bond motifs is 3. The smallest absolute Gasteiger partial charge is 0.407 e. The van der Waals surface area contributed by atoms with E-state index in [0.29, 0.717) is 45.9 Å². The van der Waals surface area contributed by atoms with Gasteiger partial charge < -0.3 is 30.0 Å². The van der Waals surface area contributed by atoms with Gasteiger partial charge in [0.1, 0.15) is 6.61 Å². The van der Waals surface area contributed by atoms with Crippen molar-refractivity contribution in [3.63, 3.8) is 0 Å². The highest BCUT2D eigenvalue weighted by atomic mass is 16.6. The first-order valence-corrected chi connectivity index (χ1v) is 11.8. The van der Waals surface area contributed by atoms with E-state index in [-0.39, 0.29) is 31.3 Å². The largest absolute Gasteiger partial charge is 0.481 e. The third-order valence-electron chi connectivity index (χ3n) is 5.58. The van der Waals surface area contributed by atoms with Crippen LogP contribution in [-0.2, 0) is 23.8 Å². The SMILES string of the molecule is O=C(O)CCC(=O)NCCCOCCOCCNC(=O)OCC1c2ccccc2-c2ccccc21. The minimum Gasteiger partial charge on any atom is -0.481 e. The first-order chi connectivity index (χ1) is 17.1. The number of carbonyl (C=O) groups excluding carboxylic acids is 2. The normalized spacial score (nSPS) is 12.0. The second-order valence-corrected chi connectivity index (χ2v) is 8.07. The lowest BCUT2D eigenvalue weighted by Gasteiger charge is -2.14. The van der Waals surface area contributed by atoms with Crippen LogP contribution in [0.2, 0.25) is 0 Å². The van der Waals surface area contributed by atoms with Gasteiger partial charge in [0, 0.05) is 32.0 Å². The molecule has 1 aliphatic rings. The standard InChI is InChI=1S/C26H32N2O7/c29-24(10-11-25(30)31)27-12-5-14-33-16-17-34-15-13-28-26(32)35-18-23-21-8-3-1-6-19(21)20-7-2-4-9-22(20)23/h1-4,6-9,23H,5,10-18H2,(H,27,29)(H,28,32)(H,30,31). The van der Waals surface area contributed by atoms with Crippen LogP contribution in [0.4, 0.5) is 4.79 Å². The van der Waals surface area contributed by atoms with E-state index in [0.717, 1.165) is 0 Å². The Morgan fingerprint density at radius 1 is 0.771 bits per heavy atom. The number of carboxylic acid groups (broad SMARTS) is 1. The molecule has 1 aliphatic carbocycles. The summed E-state index contributed by atoms with van der Waals surface area (Å²) >= 11 is 0. The van der Waals surface area contributed by atoms with E-state index in [1.165, 1.54) is 22.3 Å². The van der Waals surface area contributed by atoms with E-state index in [2.05, 4.69) is 34.9 Å². The number of aliphatic carboxylic acids is 1. The van der Waals surface area contributed by atoms with E-state index >= 15 is 0 Å². The molecule has 0 fully saturated rings. The van der Waals surface area contributed by atoms with Crippen molar-refractivity contribution in [2.24, 2.45) is 0 Å². The zero-order chi connectivity index (χ0) is 24.9. The van der Waals surface area contributed by atoms with E-state index in [1.807, 2.05) is 24.3 Å². The fourth-order valence-corrected chi connectivity index (χ4v) is 3.91. The van der Waals surface area contributed by atoms with Gasteiger partial charge in [-0.15, -0.1) is 0 Å². The predicted octanol–water partition coefficient (Wildman–Crippen LogP) is 2.93. The second kappa shape index (κ2) is 14.1. The van der Waals surface area contributed by atoms with Gasteiger partial charge in [0.15, 0.2) is 0 Å². The third kappa shape index (κ3) is 8.38. The number of hydrogen-bond acceptors (Lipinski definition) is 6. The van der Waals surface area contributed by atoms with Gasteiger partial charge in [-0.05, 0) is 28.7 Å². The van der Waals surface area contributed by atoms with E-state index < -0.39 is 12.1 Å². The van der Waals surface area contributed by atoms with Gasteiger partial charge in [0.2, 0.25) is 5.91 Å². The first kappa shape index (κ1) is 26.2. The number of benzene rings is 2. The lowest BCUT2D eigenvalue weighted by molar-refractivity contribution is -0.138. The Hall–Kier alpha value is -3.43. The lowest BCUT2D eigenvalue weighted by atomic mass is 9.98. The molecule has 9 nitrogen and oxygen atoms in total. The summed E-state index contributed by atoms with van der Waals surface area (Å²) < 4.78 is 16.3. The summed E-state index contributed by atoms with van der Waals surface area (Å²) in [5.74, 6) is -1.24. The van der Waals surface area contributed by atoms with Crippen molar-refractivity contribution in [2.75, 3.05) is 46.1 Å². The maximum absolute atomic E-state index is 12.1. The number of carboxylic acids is 1. The van der Waals surface area contributed by atoms with Gasteiger partial charge in [0.25, 0.3) is 0 Å².